The molecule has 0 aromatic heterocycles. The van der Waals surface area contributed by atoms with Gasteiger partial charge in [0, 0.05) is 19.3 Å². The topological polar surface area (TPSA) is 78.9 Å². The first-order chi connectivity index (χ1) is 36.0. The van der Waals surface area contributed by atoms with Crippen LogP contribution in [0.4, 0.5) is 0 Å². The smallest absolute Gasteiger partial charge is 0.306 e. The Bertz CT molecular complexity index is 1580. The molecule has 73 heavy (non-hydrogen) atoms. The van der Waals surface area contributed by atoms with Gasteiger partial charge in [-0.1, -0.05) is 302 Å². The zero-order chi connectivity index (χ0) is 52.9. The molecule has 0 aliphatic heterocycles. The van der Waals surface area contributed by atoms with E-state index in [9.17, 15) is 14.4 Å². The zero-order valence-electron chi connectivity index (χ0n) is 47.1. The van der Waals surface area contributed by atoms with Crippen molar-refractivity contribution in [3.05, 3.63) is 134 Å². The van der Waals surface area contributed by atoms with Crippen molar-refractivity contribution in [3.63, 3.8) is 0 Å². The first-order valence-electron chi connectivity index (χ1n) is 29.8. The average Bonchev–Trinajstić information content (AvgIpc) is 3.39. The summed E-state index contributed by atoms with van der Waals surface area (Å²) >= 11 is 0. The lowest BCUT2D eigenvalue weighted by Crippen LogP contribution is -2.30. The fourth-order valence-electron chi connectivity index (χ4n) is 7.97. The summed E-state index contributed by atoms with van der Waals surface area (Å²) in [5.74, 6) is -0.974. The van der Waals surface area contributed by atoms with Crippen molar-refractivity contribution in [2.75, 3.05) is 13.2 Å². The van der Waals surface area contributed by atoms with Crippen molar-refractivity contribution in [2.24, 2.45) is 0 Å². The van der Waals surface area contributed by atoms with Crippen LogP contribution in [0.3, 0.4) is 0 Å². The Morgan fingerprint density at radius 3 is 0.877 bits per heavy atom. The molecule has 0 aliphatic carbocycles. The summed E-state index contributed by atoms with van der Waals surface area (Å²) in [6, 6.07) is 0. The van der Waals surface area contributed by atoms with Crippen LogP contribution in [0.2, 0.25) is 0 Å². The quantitative estimate of drug-likeness (QED) is 0.0261. The molecule has 1 unspecified atom stereocenters. The molecule has 0 aromatic carbocycles. The number of carbonyl (C=O) groups excluding carboxylic acids is 3. The van der Waals surface area contributed by atoms with Crippen molar-refractivity contribution in [3.8, 4) is 0 Å². The van der Waals surface area contributed by atoms with Crippen LogP contribution in [-0.2, 0) is 28.6 Å². The Morgan fingerprint density at radius 2 is 0.534 bits per heavy atom. The van der Waals surface area contributed by atoms with Crippen LogP contribution in [0.1, 0.15) is 252 Å². The van der Waals surface area contributed by atoms with Gasteiger partial charge in [0.05, 0.1) is 0 Å². The fourth-order valence-corrected chi connectivity index (χ4v) is 7.97. The standard InChI is InChI=1S/C67H108O6/c1-4-7-10-13-16-19-22-25-28-31-34-37-39-42-45-48-51-54-57-60-66(69)72-63-64(73-67(70)61-58-55-52-49-46-43-40-36-33-30-27-24-21-18-15-12-9-6-3)62-71-65(68)59-56-53-50-47-44-41-38-35-32-29-26-23-20-17-14-11-8-5-2/h7,10,13,16,18-19,21-22,24-25,27-28,30-31,33-34,36-37,39-40,42,45,64H,4-6,8-9,11-12,14-15,17,20,23,26,29,32,35,38,41,43-44,46-63H2,1-3H3/b10-7-,16-13-,21-18-,22-19-,27-24-,28-25-,33-30-,34-31+,39-37-,40-36-,45-42-. The molecule has 0 spiro atoms. The number of esters is 3. The maximum Gasteiger partial charge on any atom is 0.306 e. The Morgan fingerprint density at radius 1 is 0.288 bits per heavy atom. The normalized spacial score (nSPS) is 13.1. The van der Waals surface area contributed by atoms with E-state index in [2.05, 4.69) is 81.5 Å². The van der Waals surface area contributed by atoms with E-state index in [0.717, 1.165) is 96.3 Å². The molecular formula is C67H108O6. The zero-order valence-corrected chi connectivity index (χ0v) is 47.1. The molecule has 0 heterocycles. The van der Waals surface area contributed by atoms with Gasteiger partial charge in [0.15, 0.2) is 6.10 Å². The summed E-state index contributed by atoms with van der Waals surface area (Å²) < 4.78 is 16.8. The molecule has 0 saturated heterocycles. The first kappa shape index (κ1) is 68.6. The van der Waals surface area contributed by atoms with Crippen LogP contribution in [0.5, 0.6) is 0 Å². The summed E-state index contributed by atoms with van der Waals surface area (Å²) in [5, 5.41) is 0. The third-order valence-electron chi connectivity index (χ3n) is 12.4. The Labute approximate surface area is 449 Å². The minimum atomic E-state index is -0.814. The number of unbranched alkanes of at least 4 members (excludes halogenated alkanes) is 28. The van der Waals surface area contributed by atoms with Crippen molar-refractivity contribution in [2.45, 2.75) is 258 Å². The molecule has 0 rings (SSSR count). The maximum atomic E-state index is 12.9. The minimum Gasteiger partial charge on any atom is -0.462 e. The predicted molar refractivity (Wildman–Crippen MR) is 316 cm³/mol. The molecule has 412 valence electrons. The van der Waals surface area contributed by atoms with E-state index in [1.54, 1.807) is 0 Å². The van der Waals surface area contributed by atoms with Crippen molar-refractivity contribution < 1.29 is 28.6 Å². The molecule has 0 N–H and O–H groups in total. The fraction of sp³-hybridized carbons (Fsp3) is 0.627. The van der Waals surface area contributed by atoms with Crippen LogP contribution in [0, 0.1) is 0 Å². The Hall–Kier alpha value is -4.45. The van der Waals surface area contributed by atoms with E-state index in [1.165, 1.54) is 116 Å². The predicted octanol–water partition coefficient (Wildman–Crippen LogP) is 20.2. The monoisotopic (exact) mass is 1010 g/mol. The van der Waals surface area contributed by atoms with Crippen LogP contribution in [-0.4, -0.2) is 37.2 Å². The number of allylic oxidation sites excluding steroid dienone is 22. The lowest BCUT2D eigenvalue weighted by atomic mass is 10.0. The van der Waals surface area contributed by atoms with Gasteiger partial charge in [0.25, 0.3) is 0 Å². The number of ether oxygens (including phenoxy) is 3. The molecule has 6 nitrogen and oxygen atoms in total. The van der Waals surface area contributed by atoms with E-state index in [0.29, 0.717) is 12.8 Å². The Kier molecular flexibility index (Phi) is 56.4. The number of rotatable bonds is 52. The summed E-state index contributed by atoms with van der Waals surface area (Å²) in [7, 11) is 0. The largest absolute Gasteiger partial charge is 0.462 e. The molecule has 6 heteroatoms. The lowest BCUT2D eigenvalue weighted by molar-refractivity contribution is -0.167. The number of hydrogen-bond acceptors (Lipinski definition) is 6. The van der Waals surface area contributed by atoms with E-state index < -0.39 is 6.10 Å². The summed E-state index contributed by atoms with van der Waals surface area (Å²) in [4.78, 5) is 38.2. The highest BCUT2D eigenvalue weighted by atomic mass is 16.6. The van der Waals surface area contributed by atoms with Gasteiger partial charge in [-0.3, -0.25) is 14.4 Å². The first-order valence-corrected chi connectivity index (χ1v) is 29.8. The second kappa shape index (κ2) is 60.1. The third-order valence-corrected chi connectivity index (χ3v) is 12.4. The molecule has 0 radical (unpaired) electrons. The van der Waals surface area contributed by atoms with Gasteiger partial charge in [0.2, 0.25) is 0 Å². The van der Waals surface area contributed by atoms with E-state index in [1.807, 2.05) is 72.9 Å². The van der Waals surface area contributed by atoms with Gasteiger partial charge >= 0.3 is 17.9 Å². The molecule has 0 fully saturated rings. The van der Waals surface area contributed by atoms with Crippen molar-refractivity contribution in [1.29, 1.82) is 0 Å². The molecule has 0 aromatic rings. The lowest BCUT2D eigenvalue weighted by Gasteiger charge is -2.18. The average molecular weight is 1010 g/mol. The molecular weight excluding hydrogens is 901 g/mol. The second-order valence-electron chi connectivity index (χ2n) is 19.5. The van der Waals surface area contributed by atoms with E-state index in [4.69, 9.17) is 14.2 Å². The minimum absolute atomic E-state index is 0.105. The van der Waals surface area contributed by atoms with Gasteiger partial charge < -0.3 is 14.2 Å². The summed E-state index contributed by atoms with van der Waals surface area (Å²) in [6.45, 7) is 6.41. The highest BCUT2D eigenvalue weighted by Crippen LogP contribution is 2.16. The van der Waals surface area contributed by atoms with Gasteiger partial charge in [0.1, 0.15) is 13.2 Å². The van der Waals surface area contributed by atoms with Gasteiger partial charge in [-0.05, 0) is 64.2 Å². The number of hydrogen-bond donors (Lipinski definition) is 0. The highest BCUT2D eigenvalue weighted by Gasteiger charge is 2.19. The van der Waals surface area contributed by atoms with Crippen LogP contribution in [0.15, 0.2) is 134 Å². The number of carbonyl (C=O) groups is 3. The SMILES string of the molecule is CC\C=C/C=C\C=C/C=C\C=C\C=C/C=C\CCCCCC(=O)OCC(COC(=O)CCCCCCCCCCCCCCCCCCCC)OC(=O)CCCCCCC\C=C/C=C\C=C/C=C\CCCCC. The van der Waals surface area contributed by atoms with E-state index in [-0.39, 0.29) is 37.5 Å². The van der Waals surface area contributed by atoms with Crippen molar-refractivity contribution >= 4 is 17.9 Å². The van der Waals surface area contributed by atoms with E-state index >= 15 is 0 Å². The molecule has 0 aliphatic rings. The summed E-state index contributed by atoms with van der Waals surface area (Å²) in [6.07, 6.45) is 84.3. The third kappa shape index (κ3) is 58.3. The Balaban J connectivity index is 4.55. The summed E-state index contributed by atoms with van der Waals surface area (Å²) in [5.41, 5.74) is 0. The molecule has 0 saturated carbocycles. The van der Waals surface area contributed by atoms with Gasteiger partial charge in [-0.2, -0.15) is 0 Å². The van der Waals surface area contributed by atoms with Crippen molar-refractivity contribution in [1.82, 2.24) is 0 Å². The van der Waals surface area contributed by atoms with Crippen LogP contribution < -0.4 is 0 Å². The van der Waals surface area contributed by atoms with Gasteiger partial charge in [-0.15, -0.1) is 0 Å². The molecule has 0 bridgehead atoms. The van der Waals surface area contributed by atoms with Crippen LogP contribution >= 0.6 is 0 Å². The second-order valence-corrected chi connectivity index (χ2v) is 19.5. The van der Waals surface area contributed by atoms with Crippen LogP contribution in [0.25, 0.3) is 0 Å². The molecule has 1 atom stereocenters. The molecule has 0 amide bonds. The highest BCUT2D eigenvalue weighted by molar-refractivity contribution is 5.71. The maximum absolute atomic E-state index is 12.9. The van der Waals surface area contributed by atoms with Gasteiger partial charge in [-0.25, -0.2) is 0 Å².